The van der Waals surface area contributed by atoms with Crippen molar-refractivity contribution >= 4 is 17.8 Å². The summed E-state index contributed by atoms with van der Waals surface area (Å²) in [7, 11) is 0. The molecule has 0 bridgehead atoms. The van der Waals surface area contributed by atoms with Crippen LogP contribution in [-0.2, 0) is 23.9 Å². The van der Waals surface area contributed by atoms with E-state index in [-0.39, 0.29) is 32.1 Å². The van der Waals surface area contributed by atoms with Gasteiger partial charge in [-0.15, -0.1) is 0 Å². The highest BCUT2D eigenvalue weighted by Gasteiger charge is 2.10. The molecule has 0 fully saturated rings. The van der Waals surface area contributed by atoms with Gasteiger partial charge in [0.15, 0.2) is 0 Å². The van der Waals surface area contributed by atoms with E-state index < -0.39 is 18.0 Å². The predicted molar refractivity (Wildman–Crippen MR) is 56.9 cm³/mol. The first-order chi connectivity index (χ1) is 7.95. The van der Waals surface area contributed by atoms with E-state index in [1.807, 2.05) is 0 Å². The number of hydrogen-bond acceptors (Lipinski definition) is 6. The van der Waals surface area contributed by atoms with Gasteiger partial charge in [0.2, 0.25) is 5.91 Å². The maximum atomic E-state index is 11.1. The summed E-state index contributed by atoms with van der Waals surface area (Å²) in [5.74, 6) is -1.44. The lowest BCUT2D eigenvalue weighted by atomic mass is 10.4. The standard InChI is InChI=1S/C10H17NO6/c1-3-9(14)11-4-10(15)17-6-8(13)5-16-7(2)12/h8,13H,3-6H2,1-2H3,(H,11,14). The molecule has 0 aliphatic rings. The van der Waals surface area contributed by atoms with Crippen molar-refractivity contribution < 1.29 is 29.0 Å². The van der Waals surface area contributed by atoms with Crippen molar-refractivity contribution in [2.24, 2.45) is 0 Å². The molecule has 17 heavy (non-hydrogen) atoms. The summed E-state index contributed by atoms with van der Waals surface area (Å²) in [6.45, 7) is 2.10. The predicted octanol–water partition coefficient (Wildman–Crippen LogP) is -1.02. The molecule has 0 aromatic rings. The molecule has 0 radical (unpaired) electrons. The smallest absolute Gasteiger partial charge is 0.325 e. The Bertz CT molecular complexity index is 278. The minimum Gasteiger partial charge on any atom is -0.463 e. The second kappa shape index (κ2) is 8.51. The SMILES string of the molecule is CCC(=O)NCC(=O)OCC(O)COC(C)=O. The summed E-state index contributed by atoms with van der Waals surface area (Å²) in [5.41, 5.74) is 0. The fourth-order valence-corrected chi connectivity index (χ4v) is 0.798. The van der Waals surface area contributed by atoms with Crippen LogP contribution in [0, 0.1) is 0 Å². The largest absolute Gasteiger partial charge is 0.463 e. The monoisotopic (exact) mass is 247 g/mol. The lowest BCUT2D eigenvalue weighted by Crippen LogP contribution is -2.32. The zero-order valence-electron chi connectivity index (χ0n) is 9.89. The van der Waals surface area contributed by atoms with E-state index in [0.29, 0.717) is 0 Å². The van der Waals surface area contributed by atoms with Gasteiger partial charge >= 0.3 is 11.9 Å². The molecule has 0 heterocycles. The van der Waals surface area contributed by atoms with Crippen LogP contribution in [0.3, 0.4) is 0 Å². The van der Waals surface area contributed by atoms with Crippen LogP contribution in [0.5, 0.6) is 0 Å². The second-order valence-corrected chi connectivity index (χ2v) is 3.27. The Morgan fingerprint density at radius 1 is 1.24 bits per heavy atom. The maximum absolute atomic E-state index is 11.1. The van der Waals surface area contributed by atoms with E-state index in [1.165, 1.54) is 6.92 Å². The van der Waals surface area contributed by atoms with Crippen molar-refractivity contribution in [3.05, 3.63) is 0 Å². The zero-order valence-corrected chi connectivity index (χ0v) is 9.89. The van der Waals surface area contributed by atoms with Gasteiger partial charge in [0.1, 0.15) is 25.9 Å². The van der Waals surface area contributed by atoms with Crippen LogP contribution < -0.4 is 5.32 Å². The molecule has 0 saturated heterocycles. The summed E-state index contributed by atoms with van der Waals surface area (Å²) < 4.78 is 9.14. The Hall–Kier alpha value is -1.63. The van der Waals surface area contributed by atoms with Gasteiger partial charge in [-0.1, -0.05) is 6.92 Å². The molecule has 0 aliphatic heterocycles. The number of aliphatic hydroxyl groups is 1. The summed E-state index contributed by atoms with van der Waals surface area (Å²) in [4.78, 5) is 32.3. The minimum absolute atomic E-state index is 0.232. The van der Waals surface area contributed by atoms with Gasteiger partial charge in [0, 0.05) is 13.3 Å². The summed E-state index contributed by atoms with van der Waals surface area (Å²) in [5, 5.41) is 11.6. The normalized spacial score (nSPS) is 11.5. The number of carbonyl (C=O) groups excluding carboxylic acids is 3. The van der Waals surface area contributed by atoms with Crippen LogP contribution in [0.25, 0.3) is 0 Å². The molecule has 2 N–H and O–H groups in total. The molecular weight excluding hydrogens is 230 g/mol. The second-order valence-electron chi connectivity index (χ2n) is 3.27. The fraction of sp³-hybridized carbons (Fsp3) is 0.700. The molecule has 7 heteroatoms. The van der Waals surface area contributed by atoms with E-state index in [2.05, 4.69) is 14.8 Å². The lowest BCUT2D eigenvalue weighted by molar-refractivity contribution is -0.151. The third-order valence-electron chi connectivity index (χ3n) is 1.67. The van der Waals surface area contributed by atoms with E-state index in [1.54, 1.807) is 6.92 Å². The molecule has 98 valence electrons. The van der Waals surface area contributed by atoms with Crippen LogP contribution in [0.1, 0.15) is 20.3 Å². The third-order valence-corrected chi connectivity index (χ3v) is 1.67. The van der Waals surface area contributed by atoms with Crippen LogP contribution >= 0.6 is 0 Å². The topological polar surface area (TPSA) is 102 Å². The van der Waals surface area contributed by atoms with Gasteiger partial charge in [0.05, 0.1) is 0 Å². The van der Waals surface area contributed by atoms with Crippen molar-refractivity contribution in [1.29, 1.82) is 0 Å². The highest BCUT2D eigenvalue weighted by atomic mass is 16.6. The first-order valence-corrected chi connectivity index (χ1v) is 5.19. The Morgan fingerprint density at radius 3 is 2.35 bits per heavy atom. The molecule has 7 nitrogen and oxygen atoms in total. The van der Waals surface area contributed by atoms with E-state index in [9.17, 15) is 19.5 Å². The molecule has 0 aromatic heterocycles. The molecule has 0 spiro atoms. The Morgan fingerprint density at radius 2 is 1.82 bits per heavy atom. The van der Waals surface area contributed by atoms with Crippen LogP contribution in [0.4, 0.5) is 0 Å². The fourth-order valence-electron chi connectivity index (χ4n) is 0.798. The van der Waals surface area contributed by atoms with Crippen LogP contribution in [0.2, 0.25) is 0 Å². The average molecular weight is 247 g/mol. The number of ether oxygens (including phenoxy) is 2. The minimum atomic E-state index is -1.07. The number of aliphatic hydroxyl groups excluding tert-OH is 1. The van der Waals surface area contributed by atoms with Gasteiger partial charge in [0.25, 0.3) is 0 Å². The number of rotatable bonds is 7. The van der Waals surface area contributed by atoms with E-state index in [4.69, 9.17) is 0 Å². The van der Waals surface area contributed by atoms with Crippen molar-refractivity contribution in [2.45, 2.75) is 26.4 Å². The van der Waals surface area contributed by atoms with Gasteiger partial charge in [-0.05, 0) is 0 Å². The molecule has 1 amide bonds. The van der Waals surface area contributed by atoms with Gasteiger partial charge in [-0.25, -0.2) is 0 Å². The summed E-state index contributed by atoms with van der Waals surface area (Å²) in [6.07, 6.45) is -0.785. The lowest BCUT2D eigenvalue weighted by Gasteiger charge is -2.11. The van der Waals surface area contributed by atoms with E-state index in [0.717, 1.165) is 0 Å². The van der Waals surface area contributed by atoms with Crippen LogP contribution in [-0.4, -0.2) is 48.8 Å². The molecular formula is C10H17NO6. The number of esters is 2. The quantitative estimate of drug-likeness (QED) is 0.558. The van der Waals surface area contributed by atoms with Gasteiger partial charge in [-0.2, -0.15) is 0 Å². The maximum Gasteiger partial charge on any atom is 0.325 e. The third kappa shape index (κ3) is 9.31. The average Bonchev–Trinajstić information content (AvgIpc) is 2.30. The van der Waals surface area contributed by atoms with E-state index >= 15 is 0 Å². The van der Waals surface area contributed by atoms with Crippen molar-refractivity contribution in [1.82, 2.24) is 5.32 Å². The Balaban J connectivity index is 3.62. The molecule has 1 unspecified atom stereocenters. The summed E-state index contributed by atoms with van der Waals surface area (Å²) >= 11 is 0. The molecule has 0 aliphatic carbocycles. The number of amides is 1. The van der Waals surface area contributed by atoms with Crippen molar-refractivity contribution in [2.75, 3.05) is 19.8 Å². The first kappa shape index (κ1) is 15.4. The van der Waals surface area contributed by atoms with Gasteiger partial charge in [-0.3, -0.25) is 14.4 Å². The highest BCUT2D eigenvalue weighted by molar-refractivity contribution is 5.81. The van der Waals surface area contributed by atoms with Crippen molar-refractivity contribution in [3.8, 4) is 0 Å². The molecule has 0 rings (SSSR count). The number of nitrogens with one attached hydrogen (secondary N) is 1. The summed E-state index contributed by atoms with van der Waals surface area (Å²) in [6, 6.07) is 0. The van der Waals surface area contributed by atoms with Crippen molar-refractivity contribution in [3.63, 3.8) is 0 Å². The highest BCUT2D eigenvalue weighted by Crippen LogP contribution is 1.89. The zero-order chi connectivity index (χ0) is 13.3. The molecule has 1 atom stereocenters. The number of hydrogen-bond donors (Lipinski definition) is 2. The molecule has 0 saturated carbocycles. The number of carbonyl (C=O) groups is 3. The Kier molecular flexibility index (Phi) is 7.70. The Labute approximate surface area is 99.1 Å². The van der Waals surface area contributed by atoms with Crippen LogP contribution in [0.15, 0.2) is 0 Å². The van der Waals surface area contributed by atoms with Gasteiger partial charge < -0.3 is 19.9 Å². The first-order valence-electron chi connectivity index (χ1n) is 5.19. The molecule has 0 aromatic carbocycles.